The number of nitrogens with one attached hydrogen (secondary N) is 1. The number of aromatic nitrogens is 1. The molecule has 4 heteroatoms. The van der Waals surface area contributed by atoms with Crippen molar-refractivity contribution >= 4 is 16.8 Å². The van der Waals surface area contributed by atoms with Gasteiger partial charge in [0, 0.05) is 6.20 Å². The van der Waals surface area contributed by atoms with Crippen molar-refractivity contribution in [2.45, 2.75) is 25.5 Å². The molecule has 0 radical (unpaired) electrons. The summed E-state index contributed by atoms with van der Waals surface area (Å²) < 4.78 is 14.2. The number of hydrogen-bond donors (Lipinski definition) is 1. The molecule has 1 aromatic heterocycles. The van der Waals surface area contributed by atoms with E-state index >= 15 is 0 Å². The largest absolute Gasteiger partial charge is 0.289 e. The second-order valence-electron chi connectivity index (χ2n) is 3.70. The Bertz CT molecular complexity index is 292. The van der Waals surface area contributed by atoms with Crippen LogP contribution in [0.25, 0.3) is 0 Å². The minimum atomic E-state index is -1.10. The van der Waals surface area contributed by atoms with Crippen molar-refractivity contribution in [2.24, 2.45) is 0 Å². The van der Waals surface area contributed by atoms with E-state index in [9.17, 15) is 4.21 Å². The van der Waals surface area contributed by atoms with E-state index < -0.39 is 11.0 Å². The van der Waals surface area contributed by atoms with Crippen LogP contribution in [0.3, 0.4) is 0 Å². The van der Waals surface area contributed by atoms with Crippen LogP contribution in [0.1, 0.15) is 20.8 Å². The van der Waals surface area contributed by atoms with E-state index in [2.05, 4.69) is 9.71 Å². The lowest BCUT2D eigenvalue weighted by molar-refractivity contribution is 0.653. The molecule has 13 heavy (non-hydrogen) atoms. The van der Waals surface area contributed by atoms with Crippen LogP contribution < -0.4 is 4.72 Å². The average molecular weight is 198 g/mol. The Labute approximate surface area is 81.2 Å². The predicted molar refractivity (Wildman–Crippen MR) is 55.8 cm³/mol. The van der Waals surface area contributed by atoms with Crippen molar-refractivity contribution in [3.63, 3.8) is 0 Å². The molecule has 1 atom stereocenters. The third-order valence-electron chi connectivity index (χ3n) is 1.42. The Kier molecular flexibility index (Phi) is 3.03. The average Bonchev–Trinajstić information content (AvgIpc) is 2.04. The third-order valence-corrected chi connectivity index (χ3v) is 2.93. The summed E-state index contributed by atoms with van der Waals surface area (Å²) in [5, 5.41) is 0. The first-order chi connectivity index (χ1) is 6.00. The first kappa shape index (κ1) is 10.2. The van der Waals surface area contributed by atoms with Gasteiger partial charge in [0.05, 0.1) is 4.75 Å². The van der Waals surface area contributed by atoms with Crippen LogP contribution in [0.5, 0.6) is 0 Å². The van der Waals surface area contributed by atoms with Crippen LogP contribution in [0.2, 0.25) is 0 Å². The summed E-state index contributed by atoms with van der Waals surface area (Å²) >= 11 is 0. The summed E-state index contributed by atoms with van der Waals surface area (Å²) in [6.45, 7) is 5.75. The Balaban J connectivity index is 2.66. The summed E-state index contributed by atoms with van der Waals surface area (Å²) in [5.41, 5.74) is 0. The van der Waals surface area contributed by atoms with Gasteiger partial charge in [-0.2, -0.15) is 0 Å². The van der Waals surface area contributed by atoms with E-state index in [0.717, 1.165) is 0 Å². The summed E-state index contributed by atoms with van der Waals surface area (Å²) in [4.78, 5) is 4.03. The normalized spacial score (nSPS) is 13.8. The van der Waals surface area contributed by atoms with Gasteiger partial charge in [-0.3, -0.25) is 4.72 Å². The number of pyridine rings is 1. The van der Waals surface area contributed by atoms with Gasteiger partial charge in [-0.05, 0) is 32.9 Å². The molecule has 1 heterocycles. The van der Waals surface area contributed by atoms with Crippen LogP contribution >= 0.6 is 0 Å². The SMILES string of the molecule is CC(C)(C)[S@@](=O)Nc1ccccn1. The Morgan fingerprint density at radius 2 is 2.08 bits per heavy atom. The molecule has 1 aromatic rings. The van der Waals surface area contributed by atoms with Gasteiger partial charge >= 0.3 is 0 Å². The quantitative estimate of drug-likeness (QED) is 0.789. The molecule has 0 fully saturated rings. The maximum Gasteiger partial charge on any atom is 0.137 e. The lowest BCUT2D eigenvalue weighted by atomic mass is 10.3. The van der Waals surface area contributed by atoms with Crippen LogP contribution in [-0.2, 0) is 11.0 Å². The van der Waals surface area contributed by atoms with E-state index in [1.165, 1.54) is 0 Å². The fourth-order valence-electron chi connectivity index (χ4n) is 0.671. The van der Waals surface area contributed by atoms with Crippen molar-refractivity contribution in [2.75, 3.05) is 4.72 Å². The number of rotatable bonds is 2. The molecule has 3 nitrogen and oxygen atoms in total. The van der Waals surface area contributed by atoms with E-state index in [0.29, 0.717) is 5.82 Å². The van der Waals surface area contributed by atoms with Crippen LogP contribution in [0.4, 0.5) is 5.82 Å². The van der Waals surface area contributed by atoms with Gasteiger partial charge in [-0.25, -0.2) is 9.19 Å². The van der Waals surface area contributed by atoms with E-state index in [-0.39, 0.29) is 4.75 Å². The zero-order chi connectivity index (χ0) is 9.90. The lowest BCUT2D eigenvalue weighted by Crippen LogP contribution is -2.27. The van der Waals surface area contributed by atoms with Gasteiger partial charge in [0.25, 0.3) is 0 Å². The molecule has 0 spiro atoms. The second kappa shape index (κ2) is 3.87. The van der Waals surface area contributed by atoms with Crippen LogP contribution in [-0.4, -0.2) is 13.9 Å². The standard InChI is InChI=1S/C9H14N2OS/c1-9(2,3)13(12)11-8-6-4-5-7-10-8/h4-7H,1-3H3,(H,10,11)/t13-/m1/s1. The fraction of sp³-hybridized carbons (Fsp3) is 0.444. The number of hydrogen-bond acceptors (Lipinski definition) is 2. The minimum absolute atomic E-state index is 0.266. The summed E-state index contributed by atoms with van der Waals surface area (Å²) in [5.74, 6) is 0.649. The lowest BCUT2D eigenvalue weighted by Gasteiger charge is -2.17. The third kappa shape index (κ3) is 3.14. The Hall–Kier alpha value is -0.900. The molecular weight excluding hydrogens is 184 g/mol. The Morgan fingerprint density at radius 1 is 1.38 bits per heavy atom. The Morgan fingerprint density at radius 3 is 2.54 bits per heavy atom. The minimum Gasteiger partial charge on any atom is -0.289 e. The van der Waals surface area contributed by atoms with E-state index in [4.69, 9.17) is 0 Å². The highest BCUT2D eigenvalue weighted by Gasteiger charge is 2.19. The maximum atomic E-state index is 11.6. The topological polar surface area (TPSA) is 42.0 Å². The monoisotopic (exact) mass is 198 g/mol. The molecule has 0 aromatic carbocycles. The van der Waals surface area contributed by atoms with E-state index in [1.54, 1.807) is 12.3 Å². The van der Waals surface area contributed by atoms with Crippen molar-refractivity contribution < 1.29 is 4.21 Å². The number of nitrogens with zero attached hydrogens (tertiary/aromatic N) is 1. The fourth-order valence-corrected chi connectivity index (χ4v) is 1.29. The number of anilines is 1. The van der Waals surface area contributed by atoms with Crippen LogP contribution in [0.15, 0.2) is 24.4 Å². The molecule has 0 aliphatic rings. The zero-order valence-corrected chi connectivity index (χ0v) is 8.89. The van der Waals surface area contributed by atoms with Gasteiger partial charge in [0.2, 0.25) is 0 Å². The molecule has 72 valence electrons. The smallest absolute Gasteiger partial charge is 0.137 e. The van der Waals surface area contributed by atoms with Crippen LogP contribution in [0, 0.1) is 0 Å². The van der Waals surface area contributed by atoms with Gasteiger partial charge in [0.1, 0.15) is 16.8 Å². The maximum absolute atomic E-state index is 11.6. The van der Waals surface area contributed by atoms with Crippen molar-refractivity contribution in [1.29, 1.82) is 0 Å². The molecule has 1 rings (SSSR count). The molecule has 0 unspecified atom stereocenters. The van der Waals surface area contributed by atoms with Crippen molar-refractivity contribution in [1.82, 2.24) is 4.98 Å². The highest BCUT2D eigenvalue weighted by Crippen LogP contribution is 2.13. The molecule has 0 aliphatic carbocycles. The van der Waals surface area contributed by atoms with Crippen molar-refractivity contribution in [3.8, 4) is 0 Å². The summed E-state index contributed by atoms with van der Waals surface area (Å²) in [6, 6.07) is 5.48. The summed E-state index contributed by atoms with van der Waals surface area (Å²) in [6.07, 6.45) is 1.67. The highest BCUT2D eigenvalue weighted by molar-refractivity contribution is 7.87. The van der Waals surface area contributed by atoms with Gasteiger partial charge in [0.15, 0.2) is 0 Å². The first-order valence-electron chi connectivity index (χ1n) is 4.10. The molecule has 1 N–H and O–H groups in total. The predicted octanol–water partition coefficient (Wildman–Crippen LogP) is 1.96. The zero-order valence-electron chi connectivity index (χ0n) is 8.07. The second-order valence-corrected chi connectivity index (χ2v) is 5.66. The molecule has 0 bridgehead atoms. The summed E-state index contributed by atoms with van der Waals surface area (Å²) in [7, 11) is -1.10. The first-order valence-corrected chi connectivity index (χ1v) is 5.25. The van der Waals surface area contributed by atoms with Gasteiger partial charge in [-0.15, -0.1) is 0 Å². The molecular formula is C9H14N2OS. The van der Waals surface area contributed by atoms with E-state index in [1.807, 2.05) is 32.9 Å². The molecule has 0 saturated heterocycles. The highest BCUT2D eigenvalue weighted by atomic mass is 32.2. The molecule has 0 aliphatic heterocycles. The van der Waals surface area contributed by atoms with Crippen molar-refractivity contribution in [3.05, 3.63) is 24.4 Å². The molecule has 0 saturated carbocycles. The van der Waals surface area contributed by atoms with Gasteiger partial charge in [-0.1, -0.05) is 6.07 Å². The molecule has 0 amide bonds. The van der Waals surface area contributed by atoms with Gasteiger partial charge < -0.3 is 0 Å².